The maximum Gasteiger partial charge on any atom is 0.146 e. The molecule has 0 radical (unpaired) electrons. The average Bonchev–Trinajstić information content (AvgIpc) is 2.62. The van der Waals surface area contributed by atoms with Crippen LogP contribution in [0.15, 0.2) is 54.1 Å². The zero-order valence-electron chi connectivity index (χ0n) is 14.2. The number of aryl methyl sites for hydroxylation is 1. The SMILES string of the molecule is Cc1ccc(C#N)c(N2CCC(=CC=Cc3cccc(Cl)c3)CC2)n1. The van der Waals surface area contributed by atoms with E-state index in [1.54, 1.807) is 0 Å². The number of benzene rings is 1. The van der Waals surface area contributed by atoms with Gasteiger partial charge in [0.1, 0.15) is 11.9 Å². The number of pyridine rings is 1. The van der Waals surface area contributed by atoms with Gasteiger partial charge in [0.25, 0.3) is 0 Å². The number of rotatable bonds is 3. The Balaban J connectivity index is 1.64. The smallest absolute Gasteiger partial charge is 0.146 e. The lowest BCUT2D eigenvalue weighted by atomic mass is 10.0. The minimum atomic E-state index is 0.652. The number of aromatic nitrogens is 1. The molecule has 0 atom stereocenters. The minimum Gasteiger partial charge on any atom is -0.355 e. The minimum absolute atomic E-state index is 0.652. The van der Waals surface area contributed by atoms with Gasteiger partial charge in [0, 0.05) is 23.8 Å². The zero-order chi connectivity index (χ0) is 17.6. The van der Waals surface area contributed by atoms with Gasteiger partial charge >= 0.3 is 0 Å². The van der Waals surface area contributed by atoms with Crippen molar-refractivity contribution in [3.05, 3.63) is 76.0 Å². The highest BCUT2D eigenvalue weighted by atomic mass is 35.5. The van der Waals surface area contributed by atoms with Crippen LogP contribution in [0.2, 0.25) is 5.02 Å². The first kappa shape index (κ1) is 17.3. The number of hydrogen-bond donors (Lipinski definition) is 0. The third-order valence-corrected chi connectivity index (χ3v) is 4.54. The van der Waals surface area contributed by atoms with E-state index < -0.39 is 0 Å². The van der Waals surface area contributed by atoms with Crippen LogP contribution in [-0.2, 0) is 0 Å². The average molecular weight is 350 g/mol. The van der Waals surface area contributed by atoms with Gasteiger partial charge in [-0.05, 0) is 49.6 Å². The molecular weight excluding hydrogens is 330 g/mol. The Morgan fingerprint density at radius 1 is 1.20 bits per heavy atom. The van der Waals surface area contributed by atoms with Crippen LogP contribution >= 0.6 is 11.6 Å². The predicted molar refractivity (Wildman–Crippen MR) is 104 cm³/mol. The van der Waals surface area contributed by atoms with Crippen molar-refractivity contribution in [2.45, 2.75) is 19.8 Å². The third kappa shape index (κ3) is 4.49. The first-order valence-corrected chi connectivity index (χ1v) is 8.78. The summed E-state index contributed by atoms with van der Waals surface area (Å²) in [5.74, 6) is 0.816. The summed E-state index contributed by atoms with van der Waals surface area (Å²) >= 11 is 6.00. The Bertz CT molecular complexity index is 852. The topological polar surface area (TPSA) is 39.9 Å². The molecule has 126 valence electrons. The van der Waals surface area contributed by atoms with Gasteiger partial charge in [-0.2, -0.15) is 5.26 Å². The molecule has 1 aliphatic rings. The van der Waals surface area contributed by atoms with Gasteiger partial charge in [-0.15, -0.1) is 0 Å². The summed E-state index contributed by atoms with van der Waals surface area (Å²) in [7, 11) is 0. The van der Waals surface area contributed by atoms with Crippen LogP contribution in [0, 0.1) is 18.3 Å². The van der Waals surface area contributed by atoms with E-state index in [0.717, 1.165) is 48.0 Å². The highest BCUT2D eigenvalue weighted by Crippen LogP contribution is 2.24. The second-order valence-electron chi connectivity index (χ2n) is 6.16. The fraction of sp³-hybridized carbons (Fsp3) is 0.238. The first-order valence-electron chi connectivity index (χ1n) is 8.40. The van der Waals surface area contributed by atoms with Crippen LogP contribution in [0.1, 0.15) is 29.7 Å². The Hall–Kier alpha value is -2.57. The normalized spacial score (nSPS) is 14.6. The van der Waals surface area contributed by atoms with Crippen molar-refractivity contribution in [3.8, 4) is 6.07 Å². The lowest BCUT2D eigenvalue weighted by Crippen LogP contribution is -2.32. The summed E-state index contributed by atoms with van der Waals surface area (Å²) < 4.78 is 0. The van der Waals surface area contributed by atoms with Crippen LogP contribution < -0.4 is 4.90 Å². The molecule has 1 fully saturated rings. The van der Waals surface area contributed by atoms with Gasteiger partial charge in [0.05, 0.1) is 5.56 Å². The van der Waals surface area contributed by atoms with Crippen LogP contribution in [0.5, 0.6) is 0 Å². The maximum atomic E-state index is 9.29. The number of allylic oxidation sites excluding steroid dienone is 2. The van der Waals surface area contributed by atoms with Crippen molar-refractivity contribution in [1.82, 2.24) is 4.98 Å². The second kappa shape index (κ2) is 8.00. The molecule has 0 aliphatic carbocycles. The number of anilines is 1. The standard InChI is InChI=1S/C21H20ClN3/c1-16-8-9-19(15-23)21(24-16)25-12-10-17(11-13-25)4-2-5-18-6-3-7-20(22)14-18/h2-9,14H,10-13H2,1H3. The molecule has 2 heterocycles. The van der Waals surface area contributed by atoms with E-state index in [4.69, 9.17) is 11.6 Å². The molecule has 1 aliphatic heterocycles. The summed E-state index contributed by atoms with van der Waals surface area (Å²) in [4.78, 5) is 6.77. The zero-order valence-corrected chi connectivity index (χ0v) is 15.0. The number of nitrogens with zero attached hydrogens (tertiary/aromatic N) is 3. The van der Waals surface area contributed by atoms with E-state index in [1.165, 1.54) is 5.57 Å². The molecular formula is C21H20ClN3. The predicted octanol–water partition coefficient (Wildman–Crippen LogP) is 5.16. The molecule has 1 saturated heterocycles. The van der Waals surface area contributed by atoms with E-state index in [-0.39, 0.29) is 0 Å². The molecule has 3 rings (SSSR count). The molecule has 25 heavy (non-hydrogen) atoms. The summed E-state index contributed by atoms with van der Waals surface area (Å²) in [5.41, 5.74) is 4.11. The van der Waals surface area contributed by atoms with Crippen molar-refractivity contribution < 1.29 is 0 Å². The summed E-state index contributed by atoms with van der Waals surface area (Å²) in [6, 6.07) is 13.8. The molecule has 0 bridgehead atoms. The van der Waals surface area contributed by atoms with Gasteiger partial charge < -0.3 is 4.90 Å². The molecule has 0 spiro atoms. The molecule has 2 aromatic rings. The van der Waals surface area contributed by atoms with E-state index in [0.29, 0.717) is 5.56 Å². The van der Waals surface area contributed by atoms with Crippen molar-refractivity contribution in [3.63, 3.8) is 0 Å². The molecule has 4 heteroatoms. The Labute approximate surface area is 153 Å². The van der Waals surface area contributed by atoms with Gasteiger partial charge in [-0.3, -0.25) is 0 Å². The molecule has 3 nitrogen and oxygen atoms in total. The maximum absolute atomic E-state index is 9.29. The van der Waals surface area contributed by atoms with Crippen molar-refractivity contribution in [1.29, 1.82) is 5.26 Å². The first-order chi connectivity index (χ1) is 12.2. The highest BCUT2D eigenvalue weighted by molar-refractivity contribution is 6.30. The largest absolute Gasteiger partial charge is 0.355 e. The Morgan fingerprint density at radius 2 is 2.00 bits per heavy atom. The van der Waals surface area contributed by atoms with Crippen molar-refractivity contribution in [2.24, 2.45) is 0 Å². The van der Waals surface area contributed by atoms with Gasteiger partial charge in [0.2, 0.25) is 0 Å². The number of nitriles is 1. The van der Waals surface area contributed by atoms with Crippen LogP contribution in [0.4, 0.5) is 5.82 Å². The van der Waals surface area contributed by atoms with E-state index >= 15 is 0 Å². The van der Waals surface area contributed by atoms with E-state index in [2.05, 4.69) is 34.2 Å². The number of piperidine rings is 1. The molecule has 0 N–H and O–H groups in total. The Kier molecular flexibility index (Phi) is 5.53. The van der Waals surface area contributed by atoms with Gasteiger partial charge in [-0.1, -0.05) is 47.5 Å². The van der Waals surface area contributed by atoms with Crippen molar-refractivity contribution in [2.75, 3.05) is 18.0 Å². The second-order valence-corrected chi connectivity index (χ2v) is 6.60. The van der Waals surface area contributed by atoms with E-state index in [9.17, 15) is 5.26 Å². The number of hydrogen-bond acceptors (Lipinski definition) is 3. The fourth-order valence-corrected chi connectivity index (χ4v) is 3.15. The number of halogens is 1. The van der Waals surface area contributed by atoms with E-state index in [1.807, 2.05) is 43.3 Å². The molecule has 1 aromatic heterocycles. The highest BCUT2D eigenvalue weighted by Gasteiger charge is 2.18. The monoisotopic (exact) mass is 349 g/mol. The molecule has 0 saturated carbocycles. The lowest BCUT2D eigenvalue weighted by molar-refractivity contribution is 0.675. The summed E-state index contributed by atoms with van der Waals surface area (Å²) in [6.45, 7) is 3.74. The van der Waals surface area contributed by atoms with Crippen molar-refractivity contribution >= 4 is 23.5 Å². The lowest BCUT2D eigenvalue weighted by Gasteiger charge is -2.30. The Morgan fingerprint density at radius 3 is 2.72 bits per heavy atom. The summed E-state index contributed by atoms with van der Waals surface area (Å²) in [6.07, 6.45) is 8.32. The summed E-state index contributed by atoms with van der Waals surface area (Å²) in [5, 5.41) is 10.0. The van der Waals surface area contributed by atoms with Gasteiger partial charge in [0.15, 0.2) is 0 Å². The van der Waals surface area contributed by atoms with Crippen LogP contribution in [0.25, 0.3) is 6.08 Å². The van der Waals surface area contributed by atoms with Crippen LogP contribution in [0.3, 0.4) is 0 Å². The molecule has 0 unspecified atom stereocenters. The molecule has 1 aromatic carbocycles. The fourth-order valence-electron chi connectivity index (χ4n) is 2.95. The van der Waals surface area contributed by atoms with Crippen LogP contribution in [-0.4, -0.2) is 18.1 Å². The quantitative estimate of drug-likeness (QED) is 0.768. The third-order valence-electron chi connectivity index (χ3n) is 4.31. The molecule has 0 amide bonds. The van der Waals surface area contributed by atoms with Gasteiger partial charge in [-0.25, -0.2) is 4.98 Å².